The van der Waals surface area contributed by atoms with Gasteiger partial charge in [-0.1, -0.05) is 11.6 Å². The molecule has 88 valence electrons. The predicted octanol–water partition coefficient (Wildman–Crippen LogP) is 2.54. The minimum Gasteiger partial charge on any atom is -0.399 e. The van der Waals surface area contributed by atoms with Crippen LogP contribution in [-0.4, -0.2) is 18.2 Å². The summed E-state index contributed by atoms with van der Waals surface area (Å²) in [6, 6.07) is 5.35. The molecule has 0 heterocycles. The van der Waals surface area contributed by atoms with Crippen molar-refractivity contribution in [2.45, 2.75) is 18.2 Å². The topological polar surface area (TPSA) is 55.1 Å². The van der Waals surface area contributed by atoms with Gasteiger partial charge < -0.3 is 11.1 Å². The van der Waals surface area contributed by atoms with Crippen molar-refractivity contribution in [3.8, 4) is 0 Å². The van der Waals surface area contributed by atoms with Crippen molar-refractivity contribution >= 4 is 35.0 Å². The lowest BCUT2D eigenvalue weighted by molar-refractivity contribution is -0.120. The minimum atomic E-state index is 0.0648. The number of thioether (sulfide) groups is 1. The van der Waals surface area contributed by atoms with Gasteiger partial charge in [0.2, 0.25) is 5.91 Å². The van der Waals surface area contributed by atoms with E-state index in [4.69, 9.17) is 17.3 Å². The fraction of sp³-hybridized carbons (Fsp3) is 0.364. The van der Waals surface area contributed by atoms with Gasteiger partial charge in [0.15, 0.2) is 0 Å². The van der Waals surface area contributed by atoms with E-state index in [0.717, 1.165) is 4.90 Å². The van der Waals surface area contributed by atoms with E-state index in [0.29, 0.717) is 29.4 Å². The summed E-state index contributed by atoms with van der Waals surface area (Å²) in [5.41, 5.74) is 6.34. The van der Waals surface area contributed by atoms with Gasteiger partial charge in [0.25, 0.3) is 0 Å². The molecule has 3 N–H and O–H groups in total. The Morgan fingerprint density at radius 1 is 1.56 bits per heavy atom. The van der Waals surface area contributed by atoms with Crippen molar-refractivity contribution in [3.05, 3.63) is 23.2 Å². The highest BCUT2D eigenvalue weighted by Gasteiger charge is 2.04. The van der Waals surface area contributed by atoms with E-state index in [9.17, 15) is 4.79 Å². The number of carbonyl (C=O) groups excluding carboxylic acids is 1. The van der Waals surface area contributed by atoms with Crippen LogP contribution < -0.4 is 11.1 Å². The molecule has 5 heteroatoms. The SMILES string of the molecule is CCNC(=O)CCSc1cc(N)ccc1Cl. The lowest BCUT2D eigenvalue weighted by atomic mass is 10.3. The normalized spacial score (nSPS) is 10.1. The molecule has 0 bridgehead atoms. The number of nitrogens with two attached hydrogens (primary N) is 1. The van der Waals surface area contributed by atoms with Gasteiger partial charge in [0, 0.05) is 29.3 Å². The number of hydrogen-bond donors (Lipinski definition) is 2. The quantitative estimate of drug-likeness (QED) is 0.630. The maximum absolute atomic E-state index is 11.2. The summed E-state index contributed by atoms with van der Waals surface area (Å²) in [6.45, 7) is 2.57. The number of carbonyl (C=O) groups is 1. The molecule has 1 rings (SSSR count). The van der Waals surface area contributed by atoms with Crippen LogP contribution in [0.25, 0.3) is 0 Å². The molecule has 0 aromatic heterocycles. The fourth-order valence-corrected chi connectivity index (χ4v) is 2.38. The Morgan fingerprint density at radius 3 is 3.00 bits per heavy atom. The first-order chi connectivity index (χ1) is 7.63. The van der Waals surface area contributed by atoms with Crippen molar-refractivity contribution in [1.82, 2.24) is 5.32 Å². The van der Waals surface area contributed by atoms with E-state index < -0.39 is 0 Å². The molecule has 0 aliphatic heterocycles. The van der Waals surface area contributed by atoms with Gasteiger partial charge in [-0.25, -0.2) is 0 Å². The first-order valence-electron chi connectivity index (χ1n) is 5.08. The molecule has 16 heavy (non-hydrogen) atoms. The zero-order chi connectivity index (χ0) is 12.0. The fourth-order valence-electron chi connectivity index (χ4n) is 1.17. The van der Waals surface area contributed by atoms with Gasteiger partial charge in [-0.15, -0.1) is 11.8 Å². The van der Waals surface area contributed by atoms with E-state index in [1.165, 1.54) is 0 Å². The van der Waals surface area contributed by atoms with Crippen molar-refractivity contribution in [2.24, 2.45) is 0 Å². The van der Waals surface area contributed by atoms with Gasteiger partial charge >= 0.3 is 0 Å². The van der Waals surface area contributed by atoms with Crippen LogP contribution in [0.5, 0.6) is 0 Å². The van der Waals surface area contributed by atoms with Crippen LogP contribution >= 0.6 is 23.4 Å². The molecule has 0 saturated carbocycles. The van der Waals surface area contributed by atoms with Crippen LogP contribution in [0.4, 0.5) is 5.69 Å². The Morgan fingerprint density at radius 2 is 2.31 bits per heavy atom. The summed E-state index contributed by atoms with van der Waals surface area (Å²) in [5, 5.41) is 3.42. The van der Waals surface area contributed by atoms with Crippen LogP contribution in [0.15, 0.2) is 23.1 Å². The molecule has 0 saturated heterocycles. The molecular formula is C11H15ClN2OS. The van der Waals surface area contributed by atoms with Crippen LogP contribution in [-0.2, 0) is 4.79 Å². The molecule has 1 aromatic carbocycles. The van der Waals surface area contributed by atoms with Crippen LogP contribution in [0, 0.1) is 0 Å². The second kappa shape index (κ2) is 6.66. The zero-order valence-corrected chi connectivity index (χ0v) is 10.7. The Bertz CT molecular complexity index is 371. The van der Waals surface area contributed by atoms with Crippen molar-refractivity contribution in [3.63, 3.8) is 0 Å². The molecule has 0 spiro atoms. The Hall–Kier alpha value is -0.870. The zero-order valence-electron chi connectivity index (χ0n) is 9.13. The standard InChI is InChI=1S/C11H15ClN2OS/c1-2-14-11(15)5-6-16-10-7-8(13)3-4-9(10)12/h3-4,7H,2,5-6,13H2,1H3,(H,14,15). The molecule has 0 atom stereocenters. The number of hydrogen-bond acceptors (Lipinski definition) is 3. The molecule has 0 aliphatic rings. The highest BCUT2D eigenvalue weighted by molar-refractivity contribution is 7.99. The van der Waals surface area contributed by atoms with Crippen LogP contribution in [0.1, 0.15) is 13.3 Å². The summed E-state index contributed by atoms with van der Waals surface area (Å²) in [5.74, 6) is 0.768. The van der Waals surface area contributed by atoms with Gasteiger partial charge in [0.05, 0.1) is 5.02 Å². The summed E-state index contributed by atoms with van der Waals surface area (Å²) < 4.78 is 0. The molecule has 0 radical (unpaired) electrons. The number of amides is 1. The highest BCUT2D eigenvalue weighted by Crippen LogP contribution is 2.29. The molecule has 0 unspecified atom stereocenters. The van der Waals surface area contributed by atoms with E-state index >= 15 is 0 Å². The largest absolute Gasteiger partial charge is 0.399 e. The average Bonchev–Trinajstić information content (AvgIpc) is 2.23. The van der Waals surface area contributed by atoms with Gasteiger partial charge in [0.1, 0.15) is 0 Å². The number of halogens is 1. The number of benzene rings is 1. The van der Waals surface area contributed by atoms with E-state index in [2.05, 4.69) is 5.32 Å². The molecular weight excluding hydrogens is 244 g/mol. The first-order valence-corrected chi connectivity index (χ1v) is 6.44. The average molecular weight is 259 g/mol. The predicted molar refractivity (Wildman–Crippen MR) is 69.9 cm³/mol. The van der Waals surface area contributed by atoms with Crippen molar-refractivity contribution in [2.75, 3.05) is 18.0 Å². The smallest absolute Gasteiger partial charge is 0.220 e. The maximum atomic E-state index is 11.2. The number of nitrogens with one attached hydrogen (secondary N) is 1. The van der Waals surface area contributed by atoms with Gasteiger partial charge in [-0.3, -0.25) is 4.79 Å². The molecule has 1 aromatic rings. The summed E-state index contributed by atoms with van der Waals surface area (Å²) in [7, 11) is 0. The summed E-state index contributed by atoms with van der Waals surface area (Å²) in [4.78, 5) is 12.1. The third-order valence-corrected chi connectivity index (χ3v) is 3.41. The summed E-state index contributed by atoms with van der Waals surface area (Å²) in [6.07, 6.45) is 0.490. The maximum Gasteiger partial charge on any atom is 0.220 e. The molecule has 3 nitrogen and oxygen atoms in total. The Labute approximate surface area is 105 Å². The van der Waals surface area contributed by atoms with Crippen LogP contribution in [0.2, 0.25) is 5.02 Å². The Balaban J connectivity index is 2.42. The molecule has 1 amide bonds. The van der Waals surface area contributed by atoms with Gasteiger partial charge in [-0.2, -0.15) is 0 Å². The monoisotopic (exact) mass is 258 g/mol. The number of nitrogen functional groups attached to an aromatic ring is 1. The molecule has 0 aliphatic carbocycles. The van der Waals surface area contributed by atoms with Crippen LogP contribution in [0.3, 0.4) is 0 Å². The summed E-state index contributed by atoms with van der Waals surface area (Å²) >= 11 is 7.54. The first kappa shape index (κ1) is 13.2. The third-order valence-electron chi connectivity index (χ3n) is 1.92. The lowest BCUT2D eigenvalue weighted by Crippen LogP contribution is -2.22. The Kier molecular flexibility index (Phi) is 5.49. The number of rotatable bonds is 5. The lowest BCUT2D eigenvalue weighted by Gasteiger charge is -2.05. The third kappa shape index (κ3) is 4.33. The minimum absolute atomic E-state index is 0.0648. The van der Waals surface area contributed by atoms with Crippen molar-refractivity contribution < 1.29 is 4.79 Å². The van der Waals surface area contributed by atoms with Crippen molar-refractivity contribution in [1.29, 1.82) is 0 Å². The second-order valence-electron chi connectivity index (χ2n) is 3.24. The molecule has 0 fully saturated rings. The van der Waals surface area contributed by atoms with E-state index in [1.807, 2.05) is 13.0 Å². The van der Waals surface area contributed by atoms with Gasteiger partial charge in [-0.05, 0) is 25.1 Å². The second-order valence-corrected chi connectivity index (χ2v) is 4.79. The highest BCUT2D eigenvalue weighted by atomic mass is 35.5. The van der Waals surface area contributed by atoms with E-state index in [-0.39, 0.29) is 5.91 Å². The van der Waals surface area contributed by atoms with E-state index in [1.54, 1.807) is 23.9 Å². The number of anilines is 1.